The van der Waals surface area contributed by atoms with E-state index in [0.717, 1.165) is 11.4 Å². The summed E-state index contributed by atoms with van der Waals surface area (Å²) < 4.78 is 5.26. The zero-order chi connectivity index (χ0) is 9.52. The quantitative estimate of drug-likeness (QED) is 0.735. The lowest BCUT2D eigenvalue weighted by atomic mass is 10.2. The summed E-state index contributed by atoms with van der Waals surface area (Å²) in [6.07, 6.45) is 0.889. The number of hydrogen-bond donors (Lipinski definition) is 1. The topological polar surface area (TPSA) is 35.2 Å². The molecule has 13 heavy (non-hydrogen) atoms. The average Bonchev–Trinajstić information content (AvgIpc) is 2.13. The Balaban J connectivity index is 2.28. The molecule has 1 rings (SSSR count). The molecule has 0 aromatic heterocycles. The zero-order valence-electron chi connectivity index (χ0n) is 7.50. The zero-order valence-corrected chi connectivity index (χ0v) is 8.26. The Labute approximate surface area is 83.6 Å². The van der Waals surface area contributed by atoms with Gasteiger partial charge in [0.05, 0.1) is 13.2 Å². The molecular weight excluding hydrogens is 186 g/mol. The van der Waals surface area contributed by atoms with Crippen molar-refractivity contribution in [1.82, 2.24) is 0 Å². The second-order valence-electron chi connectivity index (χ2n) is 2.78. The summed E-state index contributed by atoms with van der Waals surface area (Å²) in [5, 5.41) is 0.774. The fourth-order valence-corrected chi connectivity index (χ4v) is 1.28. The first-order chi connectivity index (χ1) is 6.33. The first-order valence-electron chi connectivity index (χ1n) is 4.35. The van der Waals surface area contributed by atoms with Gasteiger partial charge in [-0.15, -0.1) is 0 Å². The van der Waals surface area contributed by atoms with Crippen LogP contribution in [0.3, 0.4) is 0 Å². The third-order valence-electron chi connectivity index (χ3n) is 1.69. The number of ether oxygens (including phenoxy) is 1. The SMILES string of the molecule is NCCOCCc1cccc(Cl)c1. The number of halogens is 1. The standard InChI is InChI=1S/C10H14ClNO/c11-10-3-1-2-9(8-10)4-6-13-7-5-12/h1-3,8H,4-7,12H2. The third-order valence-corrected chi connectivity index (χ3v) is 1.92. The van der Waals surface area contributed by atoms with E-state index >= 15 is 0 Å². The molecule has 2 nitrogen and oxygen atoms in total. The van der Waals surface area contributed by atoms with Gasteiger partial charge < -0.3 is 10.5 Å². The minimum atomic E-state index is 0.579. The van der Waals surface area contributed by atoms with Gasteiger partial charge in [0.15, 0.2) is 0 Å². The summed E-state index contributed by atoms with van der Waals surface area (Å²) in [4.78, 5) is 0. The van der Waals surface area contributed by atoms with Gasteiger partial charge in [0.25, 0.3) is 0 Å². The van der Waals surface area contributed by atoms with Gasteiger partial charge in [0.1, 0.15) is 0 Å². The summed E-state index contributed by atoms with van der Waals surface area (Å²) in [5.74, 6) is 0. The van der Waals surface area contributed by atoms with Crippen LogP contribution in [0.25, 0.3) is 0 Å². The maximum absolute atomic E-state index is 5.82. The van der Waals surface area contributed by atoms with E-state index in [1.165, 1.54) is 5.56 Å². The van der Waals surface area contributed by atoms with E-state index in [-0.39, 0.29) is 0 Å². The van der Waals surface area contributed by atoms with Crippen LogP contribution in [0.4, 0.5) is 0 Å². The molecule has 2 N–H and O–H groups in total. The molecule has 0 radical (unpaired) electrons. The molecule has 0 amide bonds. The van der Waals surface area contributed by atoms with Crippen LogP contribution in [0.2, 0.25) is 5.02 Å². The fraction of sp³-hybridized carbons (Fsp3) is 0.400. The molecule has 1 aromatic rings. The summed E-state index contributed by atoms with van der Waals surface area (Å²) in [6, 6.07) is 7.80. The molecule has 1 aromatic carbocycles. The lowest BCUT2D eigenvalue weighted by Gasteiger charge is -2.02. The van der Waals surface area contributed by atoms with Crippen LogP contribution in [0.1, 0.15) is 5.56 Å². The molecule has 0 bridgehead atoms. The van der Waals surface area contributed by atoms with E-state index in [1.807, 2.05) is 24.3 Å². The predicted molar refractivity (Wildman–Crippen MR) is 55.0 cm³/mol. The van der Waals surface area contributed by atoms with Gasteiger partial charge in [-0.05, 0) is 24.1 Å². The second-order valence-corrected chi connectivity index (χ2v) is 3.22. The molecule has 0 fully saturated rings. The minimum absolute atomic E-state index is 0.579. The Bertz CT molecular complexity index is 252. The molecule has 0 unspecified atom stereocenters. The van der Waals surface area contributed by atoms with Crippen molar-refractivity contribution in [1.29, 1.82) is 0 Å². The number of hydrogen-bond acceptors (Lipinski definition) is 2. The van der Waals surface area contributed by atoms with Crippen LogP contribution in [0.15, 0.2) is 24.3 Å². The van der Waals surface area contributed by atoms with E-state index < -0.39 is 0 Å². The molecule has 0 heterocycles. The molecular formula is C10H14ClNO. The molecule has 0 spiro atoms. The van der Waals surface area contributed by atoms with E-state index in [2.05, 4.69) is 0 Å². The summed E-state index contributed by atoms with van der Waals surface area (Å²) in [7, 11) is 0. The van der Waals surface area contributed by atoms with E-state index in [9.17, 15) is 0 Å². The van der Waals surface area contributed by atoms with Gasteiger partial charge in [0, 0.05) is 11.6 Å². The van der Waals surface area contributed by atoms with Crippen LogP contribution >= 0.6 is 11.6 Å². The second kappa shape index (κ2) is 5.97. The third kappa shape index (κ3) is 4.27. The molecule has 0 aliphatic heterocycles. The molecule has 72 valence electrons. The van der Waals surface area contributed by atoms with Crippen molar-refractivity contribution in [3.05, 3.63) is 34.9 Å². The molecule has 3 heteroatoms. The van der Waals surface area contributed by atoms with Crippen LogP contribution < -0.4 is 5.73 Å². The highest BCUT2D eigenvalue weighted by molar-refractivity contribution is 6.30. The Kier molecular flexibility index (Phi) is 4.83. The normalized spacial score (nSPS) is 10.3. The van der Waals surface area contributed by atoms with E-state index in [4.69, 9.17) is 22.1 Å². The Hall–Kier alpha value is -0.570. The Morgan fingerprint density at radius 1 is 1.31 bits per heavy atom. The lowest BCUT2D eigenvalue weighted by Crippen LogP contribution is -2.10. The van der Waals surface area contributed by atoms with Gasteiger partial charge in [-0.2, -0.15) is 0 Å². The van der Waals surface area contributed by atoms with Crippen molar-refractivity contribution >= 4 is 11.6 Å². The van der Waals surface area contributed by atoms with Crippen LogP contribution in [-0.4, -0.2) is 19.8 Å². The maximum Gasteiger partial charge on any atom is 0.0588 e. The predicted octanol–water partition coefficient (Wildman–Crippen LogP) is 1.86. The Morgan fingerprint density at radius 3 is 2.85 bits per heavy atom. The first-order valence-corrected chi connectivity index (χ1v) is 4.73. The molecule has 0 aliphatic carbocycles. The van der Waals surface area contributed by atoms with E-state index in [0.29, 0.717) is 19.8 Å². The largest absolute Gasteiger partial charge is 0.380 e. The smallest absolute Gasteiger partial charge is 0.0588 e. The average molecular weight is 200 g/mol. The van der Waals surface area contributed by atoms with Crippen molar-refractivity contribution in [3.63, 3.8) is 0 Å². The Morgan fingerprint density at radius 2 is 2.15 bits per heavy atom. The van der Waals surface area contributed by atoms with Gasteiger partial charge in [-0.25, -0.2) is 0 Å². The van der Waals surface area contributed by atoms with Crippen molar-refractivity contribution in [3.8, 4) is 0 Å². The highest BCUT2D eigenvalue weighted by Gasteiger charge is 1.93. The summed E-state index contributed by atoms with van der Waals surface area (Å²) in [6.45, 7) is 1.91. The first kappa shape index (κ1) is 10.5. The van der Waals surface area contributed by atoms with Gasteiger partial charge in [-0.1, -0.05) is 23.7 Å². The monoisotopic (exact) mass is 199 g/mol. The molecule has 0 aliphatic rings. The van der Waals surface area contributed by atoms with Crippen molar-refractivity contribution < 1.29 is 4.74 Å². The fourth-order valence-electron chi connectivity index (χ4n) is 1.07. The number of benzene rings is 1. The van der Waals surface area contributed by atoms with Gasteiger partial charge in [0.2, 0.25) is 0 Å². The summed E-state index contributed by atoms with van der Waals surface area (Å²) in [5.41, 5.74) is 6.48. The highest BCUT2D eigenvalue weighted by atomic mass is 35.5. The van der Waals surface area contributed by atoms with Gasteiger partial charge in [-0.3, -0.25) is 0 Å². The maximum atomic E-state index is 5.82. The van der Waals surface area contributed by atoms with Crippen LogP contribution in [-0.2, 0) is 11.2 Å². The number of nitrogens with two attached hydrogens (primary N) is 1. The van der Waals surface area contributed by atoms with Crippen molar-refractivity contribution in [2.24, 2.45) is 5.73 Å². The van der Waals surface area contributed by atoms with Crippen LogP contribution in [0, 0.1) is 0 Å². The van der Waals surface area contributed by atoms with Crippen LogP contribution in [0.5, 0.6) is 0 Å². The lowest BCUT2D eigenvalue weighted by molar-refractivity contribution is 0.145. The van der Waals surface area contributed by atoms with Gasteiger partial charge >= 0.3 is 0 Å². The highest BCUT2D eigenvalue weighted by Crippen LogP contribution is 2.10. The molecule has 0 saturated carbocycles. The van der Waals surface area contributed by atoms with Crippen molar-refractivity contribution in [2.45, 2.75) is 6.42 Å². The number of rotatable bonds is 5. The summed E-state index contributed by atoms with van der Waals surface area (Å²) >= 11 is 5.82. The van der Waals surface area contributed by atoms with E-state index in [1.54, 1.807) is 0 Å². The molecule has 0 saturated heterocycles. The van der Waals surface area contributed by atoms with Crippen molar-refractivity contribution in [2.75, 3.05) is 19.8 Å². The minimum Gasteiger partial charge on any atom is -0.380 e. The molecule has 0 atom stereocenters.